The van der Waals surface area contributed by atoms with Crippen molar-refractivity contribution in [2.45, 2.75) is 55.4 Å². The van der Waals surface area contributed by atoms with Gasteiger partial charge in [0, 0.05) is 35.4 Å². The van der Waals surface area contributed by atoms with E-state index in [-0.39, 0.29) is 17.7 Å². The zero-order valence-corrected chi connectivity index (χ0v) is 21.0. The summed E-state index contributed by atoms with van der Waals surface area (Å²) in [6.07, 6.45) is 8.88. The molecule has 2 aliphatic heterocycles. The average Bonchev–Trinajstić information content (AvgIpc) is 3.48. The number of hydrogen-bond acceptors (Lipinski definition) is 6. The third kappa shape index (κ3) is 3.64. The second-order valence-corrected chi connectivity index (χ2v) is 14.0. The van der Waals surface area contributed by atoms with Crippen LogP contribution in [-0.4, -0.2) is 58.6 Å². The van der Waals surface area contributed by atoms with E-state index in [9.17, 15) is 9.59 Å². The number of anilines is 1. The molecule has 2 saturated carbocycles. The maximum Gasteiger partial charge on any atom is 0.257 e. The number of rotatable bonds is 3. The van der Waals surface area contributed by atoms with Crippen LogP contribution in [0, 0.1) is 17.8 Å². The van der Waals surface area contributed by atoms with Gasteiger partial charge in [-0.1, -0.05) is 0 Å². The number of thiophene rings is 1. The summed E-state index contributed by atoms with van der Waals surface area (Å²) in [6, 6.07) is 0. The number of amides is 2. The normalized spacial score (nSPS) is 31.0. The van der Waals surface area contributed by atoms with E-state index in [2.05, 4.69) is 28.8 Å². The van der Waals surface area contributed by atoms with E-state index in [1.54, 1.807) is 11.3 Å². The summed E-state index contributed by atoms with van der Waals surface area (Å²) in [4.78, 5) is 30.2. The minimum absolute atomic E-state index is 0.0874. The molecule has 1 N–H and O–H groups in total. The van der Waals surface area contributed by atoms with E-state index >= 15 is 0 Å². The van der Waals surface area contributed by atoms with Crippen LogP contribution in [0.4, 0.5) is 5.00 Å². The van der Waals surface area contributed by atoms with Crippen LogP contribution in [-0.2, 0) is 22.4 Å². The van der Waals surface area contributed by atoms with Gasteiger partial charge in [0.05, 0.1) is 22.9 Å². The summed E-state index contributed by atoms with van der Waals surface area (Å²) < 4.78 is 5.85. The van der Waals surface area contributed by atoms with Crippen molar-refractivity contribution in [3.8, 4) is 0 Å². The average molecular weight is 493 g/mol. The first-order valence-corrected chi connectivity index (χ1v) is 15.0. The number of morpholine rings is 1. The van der Waals surface area contributed by atoms with Crippen LogP contribution < -0.4 is 5.32 Å². The zero-order chi connectivity index (χ0) is 21.7. The monoisotopic (exact) mass is 492 g/mol. The van der Waals surface area contributed by atoms with Gasteiger partial charge >= 0.3 is 0 Å². The van der Waals surface area contributed by atoms with E-state index in [0.717, 1.165) is 42.7 Å². The van der Waals surface area contributed by atoms with Crippen molar-refractivity contribution in [3.05, 3.63) is 16.0 Å². The van der Waals surface area contributed by atoms with Gasteiger partial charge in [-0.2, -0.15) is 0 Å². The summed E-state index contributed by atoms with van der Waals surface area (Å²) in [7, 11) is 0. The Morgan fingerprint density at radius 1 is 1.00 bits per heavy atom. The second-order valence-electron chi connectivity index (χ2n) is 9.87. The van der Waals surface area contributed by atoms with Crippen LogP contribution in [0.25, 0.3) is 0 Å². The lowest BCUT2D eigenvalue weighted by Gasteiger charge is -2.42. The number of hydrogen-bond donors (Lipinski definition) is 1. The van der Waals surface area contributed by atoms with Crippen molar-refractivity contribution in [2.75, 3.05) is 43.1 Å². The molecule has 4 fully saturated rings. The van der Waals surface area contributed by atoms with Crippen molar-refractivity contribution in [1.82, 2.24) is 4.90 Å². The Balaban J connectivity index is 1.23. The van der Waals surface area contributed by atoms with E-state index < -0.39 is 0 Å². The molecule has 6 rings (SSSR count). The molecule has 2 atom stereocenters. The van der Waals surface area contributed by atoms with Gasteiger partial charge in [0.25, 0.3) is 5.91 Å². The standard InChI is InChI=1S/C24H32N2O3S3/c27-21(15-13-16-5-6-17(14-15)24(16)30-11-12-31-24)25-22-20(18-3-1-2-4-19(18)32-22)23(28)26-7-9-29-10-8-26/h15-17H,1-14H2,(H,25,27). The first-order chi connectivity index (χ1) is 15.7. The number of aryl methyl sites for hydroxylation is 1. The molecular formula is C24H32N2O3S3. The number of fused-ring (bicyclic) bond motifs is 1. The third-order valence-corrected chi connectivity index (χ3v) is 13.4. The van der Waals surface area contributed by atoms with Gasteiger partial charge in [-0.05, 0) is 68.8 Å². The fourth-order valence-electron chi connectivity index (χ4n) is 6.63. The van der Waals surface area contributed by atoms with E-state index in [0.29, 0.717) is 42.2 Å². The fourth-order valence-corrected chi connectivity index (χ4v) is 11.9. The third-order valence-electron chi connectivity index (χ3n) is 8.17. The molecule has 1 aromatic rings. The number of nitrogens with one attached hydrogen (secondary N) is 1. The van der Waals surface area contributed by atoms with Gasteiger partial charge < -0.3 is 15.0 Å². The largest absolute Gasteiger partial charge is 0.378 e. The number of ether oxygens (including phenoxy) is 1. The van der Waals surface area contributed by atoms with Crippen LogP contribution in [0.1, 0.15) is 59.3 Å². The molecule has 5 aliphatic rings. The number of carbonyl (C=O) groups excluding carboxylic acids is 2. The molecule has 0 radical (unpaired) electrons. The Bertz CT molecular complexity index is 889. The van der Waals surface area contributed by atoms with Crippen LogP contribution in [0.5, 0.6) is 0 Å². The molecule has 1 aromatic heterocycles. The van der Waals surface area contributed by atoms with Crippen LogP contribution in [0.2, 0.25) is 0 Å². The predicted octanol–water partition coefficient (Wildman–Crippen LogP) is 4.65. The molecule has 8 heteroatoms. The topological polar surface area (TPSA) is 58.6 Å². The highest BCUT2D eigenvalue weighted by Crippen LogP contribution is 2.66. The van der Waals surface area contributed by atoms with Crippen molar-refractivity contribution in [1.29, 1.82) is 0 Å². The van der Waals surface area contributed by atoms with Crippen molar-refractivity contribution in [2.24, 2.45) is 17.8 Å². The molecule has 0 aromatic carbocycles. The number of thioether (sulfide) groups is 2. The SMILES string of the molecule is O=C(Nc1sc2c(c1C(=O)N1CCOCC1)CCCC2)C1CC2CCC(C1)C21SCCS1. The Morgan fingerprint density at radius 3 is 2.41 bits per heavy atom. The lowest BCUT2D eigenvalue weighted by Crippen LogP contribution is -2.42. The molecule has 2 bridgehead atoms. The smallest absolute Gasteiger partial charge is 0.257 e. The lowest BCUT2D eigenvalue weighted by molar-refractivity contribution is -0.121. The molecule has 3 heterocycles. The minimum Gasteiger partial charge on any atom is -0.378 e. The van der Waals surface area contributed by atoms with E-state index in [1.165, 1.54) is 41.2 Å². The Labute approximate surface area is 202 Å². The Kier molecular flexibility index (Phi) is 6.01. The second kappa shape index (κ2) is 8.82. The molecule has 3 aliphatic carbocycles. The molecule has 2 amide bonds. The van der Waals surface area contributed by atoms with Crippen LogP contribution in [0.15, 0.2) is 0 Å². The van der Waals surface area contributed by atoms with Crippen molar-refractivity contribution in [3.63, 3.8) is 0 Å². The summed E-state index contributed by atoms with van der Waals surface area (Å²) in [5.41, 5.74) is 1.99. The molecule has 2 saturated heterocycles. The highest BCUT2D eigenvalue weighted by Gasteiger charge is 2.57. The number of carbonyl (C=O) groups is 2. The van der Waals surface area contributed by atoms with Crippen LogP contribution >= 0.6 is 34.9 Å². The molecule has 2 unspecified atom stereocenters. The van der Waals surface area contributed by atoms with Gasteiger partial charge in [0.15, 0.2) is 0 Å². The summed E-state index contributed by atoms with van der Waals surface area (Å²) in [6.45, 7) is 2.48. The first kappa shape index (κ1) is 21.8. The van der Waals surface area contributed by atoms with E-state index in [4.69, 9.17) is 4.74 Å². The molecule has 1 spiro atoms. The quantitative estimate of drug-likeness (QED) is 0.666. The maximum atomic E-state index is 13.5. The lowest BCUT2D eigenvalue weighted by atomic mass is 9.79. The summed E-state index contributed by atoms with van der Waals surface area (Å²) in [5, 5.41) is 4.11. The maximum absolute atomic E-state index is 13.5. The molecule has 32 heavy (non-hydrogen) atoms. The molecule has 174 valence electrons. The van der Waals surface area contributed by atoms with Gasteiger partial charge in [-0.15, -0.1) is 34.9 Å². The highest BCUT2D eigenvalue weighted by molar-refractivity contribution is 8.21. The summed E-state index contributed by atoms with van der Waals surface area (Å²) >= 11 is 6.01. The van der Waals surface area contributed by atoms with E-state index in [1.807, 2.05) is 4.90 Å². The first-order valence-electron chi connectivity index (χ1n) is 12.3. The predicted molar refractivity (Wildman–Crippen MR) is 133 cm³/mol. The zero-order valence-electron chi connectivity index (χ0n) is 18.5. The van der Waals surface area contributed by atoms with Gasteiger partial charge in [-0.3, -0.25) is 9.59 Å². The highest BCUT2D eigenvalue weighted by atomic mass is 32.2. The van der Waals surface area contributed by atoms with Crippen LogP contribution in [0.3, 0.4) is 0 Å². The Morgan fingerprint density at radius 2 is 1.69 bits per heavy atom. The fraction of sp³-hybridized carbons (Fsp3) is 0.750. The van der Waals surface area contributed by atoms with Gasteiger partial charge in [0.2, 0.25) is 5.91 Å². The van der Waals surface area contributed by atoms with Gasteiger partial charge in [-0.25, -0.2) is 0 Å². The van der Waals surface area contributed by atoms with Crippen molar-refractivity contribution >= 4 is 51.7 Å². The van der Waals surface area contributed by atoms with Gasteiger partial charge in [0.1, 0.15) is 5.00 Å². The molecular weight excluding hydrogens is 460 g/mol. The Hall–Kier alpha value is -0.700. The summed E-state index contributed by atoms with van der Waals surface area (Å²) in [5.74, 6) is 4.19. The van der Waals surface area contributed by atoms with Crippen molar-refractivity contribution < 1.29 is 14.3 Å². The number of nitrogens with zero attached hydrogens (tertiary/aromatic N) is 1. The minimum atomic E-state index is 0.0874. The molecule has 5 nitrogen and oxygen atoms in total.